The van der Waals surface area contributed by atoms with E-state index in [1.807, 2.05) is 42.5 Å². The second-order valence-corrected chi connectivity index (χ2v) is 5.61. The molecule has 1 atom stereocenters. The first-order valence-electron chi connectivity index (χ1n) is 7.81. The number of nitrogens with one attached hydrogen (secondary N) is 2. The molecule has 0 aliphatic carbocycles. The van der Waals surface area contributed by atoms with Crippen molar-refractivity contribution in [2.75, 3.05) is 18.5 Å². The second-order valence-electron chi connectivity index (χ2n) is 5.61. The summed E-state index contributed by atoms with van der Waals surface area (Å²) in [7, 11) is 0. The summed E-state index contributed by atoms with van der Waals surface area (Å²) in [6.07, 6.45) is 1.75. The number of nitrogens with zero attached hydrogens (tertiary/aromatic N) is 3. The Morgan fingerprint density at radius 1 is 1.25 bits per heavy atom. The average molecular weight is 323 g/mol. The van der Waals surface area contributed by atoms with Crippen molar-refractivity contribution in [2.45, 2.75) is 12.6 Å². The van der Waals surface area contributed by atoms with Crippen LogP contribution in [0.1, 0.15) is 11.9 Å². The number of imidazole rings is 1. The van der Waals surface area contributed by atoms with Gasteiger partial charge in [-0.05, 0) is 24.3 Å². The van der Waals surface area contributed by atoms with Gasteiger partial charge in [0.05, 0.1) is 12.6 Å². The van der Waals surface area contributed by atoms with Crippen LogP contribution < -0.4 is 10.6 Å². The molecule has 1 aromatic carbocycles. The maximum atomic E-state index is 12.1. The largest absolute Gasteiger partial charge is 0.371 e. The number of fused-ring (bicyclic) bond motifs is 3. The summed E-state index contributed by atoms with van der Waals surface area (Å²) in [6.45, 7) is 1.41. The van der Waals surface area contributed by atoms with E-state index in [0.29, 0.717) is 19.8 Å². The molecule has 0 radical (unpaired) electrons. The van der Waals surface area contributed by atoms with Gasteiger partial charge in [0.15, 0.2) is 5.65 Å². The molecule has 2 amide bonds. The van der Waals surface area contributed by atoms with E-state index in [1.54, 1.807) is 6.20 Å². The summed E-state index contributed by atoms with van der Waals surface area (Å²) >= 11 is 0. The van der Waals surface area contributed by atoms with Gasteiger partial charge in [-0.1, -0.05) is 18.2 Å². The zero-order valence-corrected chi connectivity index (χ0v) is 13.0. The molecule has 7 heteroatoms. The van der Waals surface area contributed by atoms with Gasteiger partial charge in [-0.3, -0.25) is 0 Å². The number of anilines is 1. The number of hydrogen-bond acceptors (Lipinski definition) is 4. The quantitative estimate of drug-likeness (QED) is 0.775. The van der Waals surface area contributed by atoms with Gasteiger partial charge in [0, 0.05) is 18.4 Å². The molecule has 24 heavy (non-hydrogen) atoms. The molecule has 1 aliphatic heterocycles. The maximum Gasteiger partial charge on any atom is 0.319 e. The lowest BCUT2D eigenvalue weighted by Crippen LogP contribution is -2.37. The predicted octanol–water partition coefficient (Wildman–Crippen LogP) is 2.32. The van der Waals surface area contributed by atoms with Gasteiger partial charge in [-0.25, -0.2) is 14.8 Å². The number of benzene rings is 1. The number of carbonyl (C=O) groups excluding carboxylic acids is 1. The van der Waals surface area contributed by atoms with Crippen LogP contribution in [0.25, 0.3) is 11.2 Å². The molecule has 2 N–H and O–H groups in total. The summed E-state index contributed by atoms with van der Waals surface area (Å²) in [5, 5.41) is 5.69. The lowest BCUT2D eigenvalue weighted by Gasteiger charge is -2.25. The van der Waals surface area contributed by atoms with Gasteiger partial charge in [0.1, 0.15) is 17.9 Å². The van der Waals surface area contributed by atoms with E-state index in [2.05, 4.69) is 25.2 Å². The first-order valence-corrected chi connectivity index (χ1v) is 7.81. The minimum atomic E-state index is -0.245. The first kappa shape index (κ1) is 14.6. The Morgan fingerprint density at radius 3 is 3.00 bits per heavy atom. The average Bonchev–Trinajstić information content (AvgIpc) is 3.00. The van der Waals surface area contributed by atoms with E-state index in [0.717, 1.165) is 22.7 Å². The third-order valence-electron chi connectivity index (χ3n) is 3.96. The van der Waals surface area contributed by atoms with Crippen LogP contribution in [0.3, 0.4) is 0 Å². The molecule has 3 heterocycles. The Bertz CT molecular complexity index is 862. The highest BCUT2D eigenvalue weighted by Crippen LogP contribution is 2.24. The molecule has 0 spiro atoms. The topological polar surface area (TPSA) is 81.1 Å². The van der Waals surface area contributed by atoms with Crippen LogP contribution in [0.5, 0.6) is 0 Å². The van der Waals surface area contributed by atoms with Crippen molar-refractivity contribution >= 4 is 22.9 Å². The Kier molecular flexibility index (Phi) is 3.84. The summed E-state index contributed by atoms with van der Waals surface area (Å²) in [4.78, 5) is 21.0. The van der Waals surface area contributed by atoms with Crippen LogP contribution in [0.4, 0.5) is 10.5 Å². The number of ether oxygens (including phenoxy) is 1. The van der Waals surface area contributed by atoms with Crippen LogP contribution in [-0.4, -0.2) is 33.7 Å². The molecular formula is C17H17N5O2. The zero-order valence-electron chi connectivity index (χ0n) is 13.0. The van der Waals surface area contributed by atoms with Gasteiger partial charge >= 0.3 is 6.03 Å². The normalized spacial score (nSPS) is 16.6. The minimum Gasteiger partial charge on any atom is -0.371 e. The van der Waals surface area contributed by atoms with Gasteiger partial charge < -0.3 is 19.9 Å². The van der Waals surface area contributed by atoms with Crippen molar-refractivity contribution in [3.05, 3.63) is 54.5 Å². The number of carbonyl (C=O) groups is 1. The van der Waals surface area contributed by atoms with E-state index >= 15 is 0 Å². The molecule has 4 rings (SSSR count). The Hall–Kier alpha value is -2.93. The SMILES string of the molecule is O=C(NC[C@H]1COCc2nc3cccnc3n21)Nc1ccccc1. The van der Waals surface area contributed by atoms with E-state index < -0.39 is 0 Å². The fraction of sp³-hybridized carbons (Fsp3) is 0.235. The Labute approximate surface area is 138 Å². The fourth-order valence-electron chi connectivity index (χ4n) is 2.88. The van der Waals surface area contributed by atoms with E-state index in [-0.39, 0.29) is 12.1 Å². The monoisotopic (exact) mass is 323 g/mol. The summed E-state index contributed by atoms with van der Waals surface area (Å²) in [5.74, 6) is 0.838. The van der Waals surface area contributed by atoms with Crippen LogP contribution >= 0.6 is 0 Å². The number of aromatic nitrogens is 3. The van der Waals surface area contributed by atoms with Gasteiger partial charge in [0.25, 0.3) is 0 Å². The molecule has 2 aromatic heterocycles. The number of para-hydroxylation sites is 1. The van der Waals surface area contributed by atoms with Crippen molar-refractivity contribution < 1.29 is 9.53 Å². The third-order valence-corrected chi connectivity index (χ3v) is 3.96. The Balaban J connectivity index is 1.48. The lowest BCUT2D eigenvalue weighted by atomic mass is 10.2. The van der Waals surface area contributed by atoms with Gasteiger partial charge in [-0.2, -0.15) is 0 Å². The molecule has 0 bridgehead atoms. The number of rotatable bonds is 3. The molecule has 0 unspecified atom stereocenters. The van der Waals surface area contributed by atoms with Crippen LogP contribution in [0.2, 0.25) is 0 Å². The zero-order chi connectivity index (χ0) is 16.4. The summed E-state index contributed by atoms with van der Waals surface area (Å²) in [6, 6.07) is 12.9. The number of urea groups is 1. The van der Waals surface area contributed by atoms with Crippen molar-refractivity contribution in [1.29, 1.82) is 0 Å². The maximum absolute atomic E-state index is 12.1. The molecule has 0 fully saturated rings. The van der Waals surface area contributed by atoms with Crippen LogP contribution in [0.15, 0.2) is 48.7 Å². The van der Waals surface area contributed by atoms with Crippen molar-refractivity contribution in [3.63, 3.8) is 0 Å². The van der Waals surface area contributed by atoms with Gasteiger partial charge in [-0.15, -0.1) is 0 Å². The molecule has 7 nitrogen and oxygen atoms in total. The number of pyridine rings is 1. The fourth-order valence-corrected chi connectivity index (χ4v) is 2.88. The van der Waals surface area contributed by atoms with Crippen LogP contribution in [-0.2, 0) is 11.3 Å². The Morgan fingerprint density at radius 2 is 2.12 bits per heavy atom. The highest BCUT2D eigenvalue weighted by atomic mass is 16.5. The van der Waals surface area contributed by atoms with E-state index in [4.69, 9.17) is 4.74 Å². The number of hydrogen-bond donors (Lipinski definition) is 2. The van der Waals surface area contributed by atoms with E-state index in [9.17, 15) is 4.79 Å². The third kappa shape index (κ3) is 2.81. The molecule has 122 valence electrons. The minimum absolute atomic E-state index is 0.0322. The summed E-state index contributed by atoms with van der Waals surface area (Å²) < 4.78 is 7.66. The standard InChI is InChI=1S/C17H17N5O2/c23-17(20-12-5-2-1-3-6-12)19-9-13-10-24-11-15-21-14-7-4-8-18-16(14)22(13)15/h1-8,13H,9-11H2,(H2,19,20,23)/t13-/m0/s1. The lowest BCUT2D eigenvalue weighted by molar-refractivity contribution is 0.0571. The molecule has 0 saturated heterocycles. The van der Waals surface area contributed by atoms with E-state index in [1.165, 1.54) is 0 Å². The summed E-state index contributed by atoms with van der Waals surface area (Å²) in [5.41, 5.74) is 2.42. The van der Waals surface area contributed by atoms with Crippen molar-refractivity contribution in [2.24, 2.45) is 0 Å². The highest BCUT2D eigenvalue weighted by Gasteiger charge is 2.25. The molecule has 1 aliphatic rings. The predicted molar refractivity (Wildman–Crippen MR) is 89.7 cm³/mol. The van der Waals surface area contributed by atoms with Crippen LogP contribution in [0, 0.1) is 0 Å². The second kappa shape index (κ2) is 6.29. The molecule has 0 saturated carbocycles. The smallest absolute Gasteiger partial charge is 0.319 e. The van der Waals surface area contributed by atoms with Gasteiger partial charge in [0.2, 0.25) is 0 Å². The van der Waals surface area contributed by atoms with Crippen molar-refractivity contribution in [3.8, 4) is 0 Å². The molecular weight excluding hydrogens is 306 g/mol. The first-order chi connectivity index (χ1) is 11.8. The highest BCUT2D eigenvalue weighted by molar-refractivity contribution is 5.89. The van der Waals surface area contributed by atoms with Crippen molar-refractivity contribution in [1.82, 2.24) is 19.9 Å². The number of amides is 2. The molecule has 3 aromatic rings.